The molecule has 0 unspecified atom stereocenters. The van der Waals surface area contributed by atoms with Crippen molar-refractivity contribution in [2.45, 2.75) is 0 Å². The maximum Gasteiger partial charge on any atom is 0.138 e. The third-order valence-corrected chi connectivity index (χ3v) is 7.15. The number of nitrogens with one attached hydrogen (secondary N) is 2. The van der Waals surface area contributed by atoms with Crippen molar-refractivity contribution in [2.75, 3.05) is 54.5 Å². The van der Waals surface area contributed by atoms with E-state index in [-0.39, 0.29) is 0 Å². The molecule has 0 aliphatic rings. The smallest absolute Gasteiger partial charge is 0.138 e. The van der Waals surface area contributed by atoms with Crippen LogP contribution in [0.3, 0.4) is 0 Å². The molecular formula is C34H36N6O2. The zero-order chi connectivity index (χ0) is 29.1. The summed E-state index contributed by atoms with van der Waals surface area (Å²) in [6.45, 7) is 3.04. The van der Waals surface area contributed by atoms with Crippen molar-refractivity contribution >= 4 is 22.1 Å². The Morgan fingerprint density at radius 3 is 1.64 bits per heavy atom. The Morgan fingerprint density at radius 2 is 1.07 bits per heavy atom. The summed E-state index contributed by atoms with van der Waals surface area (Å²) in [5, 5.41) is 0. The second-order valence-corrected chi connectivity index (χ2v) is 11.0. The molecule has 0 radical (unpaired) electrons. The molecule has 0 amide bonds. The molecule has 2 aromatic heterocycles. The number of benzene rings is 4. The van der Waals surface area contributed by atoms with Gasteiger partial charge in [-0.2, -0.15) is 0 Å². The topological polar surface area (TPSA) is 82.3 Å². The number of nitrogens with zero attached hydrogens (tertiary/aromatic N) is 4. The highest BCUT2D eigenvalue weighted by Gasteiger charge is 2.11. The summed E-state index contributed by atoms with van der Waals surface area (Å²) in [6.07, 6.45) is 0. The molecule has 2 N–H and O–H groups in total. The lowest BCUT2D eigenvalue weighted by Crippen LogP contribution is -2.19. The Bertz CT molecular complexity index is 1800. The van der Waals surface area contributed by atoms with Crippen LogP contribution in [0, 0.1) is 0 Å². The van der Waals surface area contributed by atoms with Crippen LogP contribution in [-0.2, 0) is 0 Å². The van der Waals surface area contributed by atoms with Crippen LogP contribution in [0.1, 0.15) is 0 Å². The summed E-state index contributed by atoms with van der Waals surface area (Å²) < 4.78 is 11.8. The van der Waals surface area contributed by atoms with Crippen LogP contribution in [-0.4, -0.2) is 84.2 Å². The molecule has 0 aliphatic heterocycles. The molecule has 2 heterocycles. The van der Waals surface area contributed by atoms with Gasteiger partial charge in [0.25, 0.3) is 0 Å². The first-order valence-electron chi connectivity index (χ1n) is 14.2. The third kappa shape index (κ3) is 6.30. The molecule has 6 aromatic rings. The number of ether oxygens (including phenoxy) is 2. The molecule has 0 aliphatic carbocycles. The average Bonchev–Trinajstić information content (AvgIpc) is 3.61. The molecule has 0 bridgehead atoms. The molecule has 8 heteroatoms. The van der Waals surface area contributed by atoms with E-state index in [1.807, 2.05) is 76.7 Å². The lowest BCUT2D eigenvalue weighted by atomic mass is 10.0. The van der Waals surface area contributed by atoms with Crippen molar-refractivity contribution in [3.63, 3.8) is 0 Å². The van der Waals surface area contributed by atoms with Crippen molar-refractivity contribution in [3.8, 4) is 45.4 Å². The van der Waals surface area contributed by atoms with Crippen LogP contribution in [0.2, 0.25) is 0 Å². The second-order valence-electron chi connectivity index (χ2n) is 11.0. The maximum absolute atomic E-state index is 5.92. The van der Waals surface area contributed by atoms with Crippen LogP contribution in [0.25, 0.3) is 56.0 Å². The largest absolute Gasteiger partial charge is 0.492 e. The Kier molecular flexibility index (Phi) is 7.90. The minimum Gasteiger partial charge on any atom is -0.492 e. The highest BCUT2D eigenvalue weighted by molar-refractivity contribution is 5.88. The van der Waals surface area contributed by atoms with Crippen molar-refractivity contribution in [1.29, 1.82) is 0 Å². The fourth-order valence-corrected chi connectivity index (χ4v) is 4.79. The van der Waals surface area contributed by atoms with E-state index in [0.717, 1.165) is 80.6 Å². The van der Waals surface area contributed by atoms with Gasteiger partial charge in [-0.15, -0.1) is 0 Å². The summed E-state index contributed by atoms with van der Waals surface area (Å²) >= 11 is 0. The molecule has 0 saturated carbocycles. The van der Waals surface area contributed by atoms with Gasteiger partial charge in [-0.1, -0.05) is 24.3 Å². The van der Waals surface area contributed by atoms with Gasteiger partial charge < -0.3 is 29.2 Å². The fraction of sp³-hybridized carbons (Fsp3) is 0.235. The maximum atomic E-state index is 5.92. The van der Waals surface area contributed by atoms with E-state index in [4.69, 9.17) is 19.4 Å². The minimum absolute atomic E-state index is 0.640. The van der Waals surface area contributed by atoms with E-state index in [9.17, 15) is 0 Å². The Balaban J connectivity index is 1.20. The summed E-state index contributed by atoms with van der Waals surface area (Å²) in [5.74, 6) is 3.36. The van der Waals surface area contributed by atoms with E-state index in [1.165, 1.54) is 0 Å². The second kappa shape index (κ2) is 12.1. The first kappa shape index (κ1) is 27.5. The van der Waals surface area contributed by atoms with Crippen molar-refractivity contribution in [1.82, 2.24) is 29.7 Å². The van der Waals surface area contributed by atoms with E-state index in [0.29, 0.717) is 13.2 Å². The summed E-state index contributed by atoms with van der Waals surface area (Å²) in [6, 6.07) is 28.8. The van der Waals surface area contributed by atoms with Crippen molar-refractivity contribution < 1.29 is 9.47 Å². The standard InChI is InChI=1S/C34H36N6O2/c1-39(2)16-18-41-27-12-8-23(9-13-27)33-35-29-14-10-24(21-31(29)37-33)25-11-15-30-32(22-25)38-34(36-30)26-6-5-7-28(20-26)42-19-17-40(3)4/h5-15,20-22H,16-19H2,1-4H3,(H,35,37)(H,36,38). The highest BCUT2D eigenvalue weighted by Crippen LogP contribution is 2.30. The van der Waals surface area contributed by atoms with Crippen LogP contribution in [0.5, 0.6) is 11.5 Å². The van der Waals surface area contributed by atoms with Gasteiger partial charge in [-0.3, -0.25) is 0 Å². The molecule has 6 rings (SSSR count). The summed E-state index contributed by atoms with van der Waals surface area (Å²) in [4.78, 5) is 20.9. The van der Waals surface area contributed by atoms with Gasteiger partial charge in [0.1, 0.15) is 36.4 Å². The molecule has 0 saturated heterocycles. The SMILES string of the molecule is CN(C)CCOc1ccc(-c2nc3ccc(-c4ccc5nc(-c6cccc(OCCN(C)C)c6)[nH]c5c4)cc3[nH]2)cc1. The van der Waals surface area contributed by atoms with E-state index in [2.05, 4.69) is 56.2 Å². The number of rotatable bonds is 11. The van der Waals surface area contributed by atoms with Crippen LogP contribution in [0.15, 0.2) is 84.9 Å². The molecule has 0 spiro atoms. The third-order valence-electron chi connectivity index (χ3n) is 7.15. The number of fused-ring (bicyclic) bond motifs is 2. The number of hydrogen-bond donors (Lipinski definition) is 2. The molecular weight excluding hydrogens is 524 g/mol. The van der Waals surface area contributed by atoms with Gasteiger partial charge in [0.05, 0.1) is 22.1 Å². The first-order chi connectivity index (χ1) is 20.4. The van der Waals surface area contributed by atoms with Crippen LogP contribution >= 0.6 is 0 Å². The Labute approximate surface area is 245 Å². The number of likely N-dealkylation sites (N-methyl/N-ethyl adjacent to an activating group) is 2. The fourth-order valence-electron chi connectivity index (χ4n) is 4.79. The van der Waals surface area contributed by atoms with E-state index < -0.39 is 0 Å². The quantitative estimate of drug-likeness (QED) is 0.193. The Hall–Kier alpha value is -4.66. The lowest BCUT2D eigenvalue weighted by Gasteiger charge is -2.11. The molecule has 0 atom stereocenters. The lowest BCUT2D eigenvalue weighted by molar-refractivity contribution is 0.261. The predicted octanol–water partition coefficient (Wildman–Crippen LogP) is 6.32. The van der Waals surface area contributed by atoms with E-state index in [1.54, 1.807) is 0 Å². The van der Waals surface area contributed by atoms with Gasteiger partial charge in [0.2, 0.25) is 0 Å². The number of H-pyrrole nitrogens is 2. The van der Waals surface area contributed by atoms with Gasteiger partial charge in [-0.25, -0.2) is 9.97 Å². The number of imidazole rings is 2. The summed E-state index contributed by atoms with van der Waals surface area (Å²) in [5.41, 5.74) is 8.06. The molecule has 0 fully saturated rings. The Morgan fingerprint density at radius 1 is 0.548 bits per heavy atom. The normalized spacial score (nSPS) is 11.7. The first-order valence-corrected chi connectivity index (χ1v) is 14.2. The number of hydrogen-bond acceptors (Lipinski definition) is 6. The monoisotopic (exact) mass is 560 g/mol. The molecule has 42 heavy (non-hydrogen) atoms. The predicted molar refractivity (Wildman–Crippen MR) is 170 cm³/mol. The van der Waals surface area contributed by atoms with E-state index >= 15 is 0 Å². The molecule has 4 aromatic carbocycles. The number of aromatic nitrogens is 4. The van der Waals surface area contributed by atoms with Crippen molar-refractivity contribution in [3.05, 3.63) is 84.9 Å². The van der Waals surface area contributed by atoms with Gasteiger partial charge in [-0.05, 0) is 100.0 Å². The zero-order valence-electron chi connectivity index (χ0n) is 24.5. The van der Waals surface area contributed by atoms with Crippen LogP contribution in [0.4, 0.5) is 0 Å². The van der Waals surface area contributed by atoms with Crippen LogP contribution < -0.4 is 9.47 Å². The molecule has 214 valence electrons. The minimum atomic E-state index is 0.640. The zero-order valence-corrected chi connectivity index (χ0v) is 24.5. The number of aromatic amines is 2. The van der Waals surface area contributed by atoms with Gasteiger partial charge >= 0.3 is 0 Å². The highest BCUT2D eigenvalue weighted by atomic mass is 16.5. The average molecular weight is 561 g/mol. The molecule has 8 nitrogen and oxygen atoms in total. The van der Waals surface area contributed by atoms with Gasteiger partial charge in [0.15, 0.2) is 0 Å². The van der Waals surface area contributed by atoms with Crippen molar-refractivity contribution in [2.24, 2.45) is 0 Å². The van der Waals surface area contributed by atoms with Gasteiger partial charge in [0, 0.05) is 24.2 Å². The summed E-state index contributed by atoms with van der Waals surface area (Å²) in [7, 11) is 8.15.